The molecular weight excluding hydrogens is 276 g/mol. The highest BCUT2D eigenvalue weighted by Gasteiger charge is 2.02. The molecule has 0 radical (unpaired) electrons. The largest absolute Gasteiger partial charge is 0.349 e. The summed E-state index contributed by atoms with van der Waals surface area (Å²) in [4.78, 5) is 14.1. The zero-order valence-electron chi connectivity index (χ0n) is 8.92. The molecule has 0 aliphatic carbocycles. The van der Waals surface area contributed by atoms with Crippen molar-refractivity contribution >= 4 is 33.2 Å². The molecule has 0 aliphatic rings. The number of halogens is 1. The maximum atomic E-state index is 11.2. The molecule has 0 aromatic carbocycles. The fourth-order valence-corrected chi connectivity index (χ4v) is 2.50. The van der Waals surface area contributed by atoms with Crippen molar-refractivity contribution in [3.05, 3.63) is 20.8 Å². The normalized spacial score (nSPS) is 10.3. The van der Waals surface area contributed by atoms with Crippen LogP contribution in [-0.2, 0) is 11.3 Å². The van der Waals surface area contributed by atoms with Gasteiger partial charge in [0.15, 0.2) is 0 Å². The van der Waals surface area contributed by atoms with Gasteiger partial charge in [-0.15, -0.1) is 11.3 Å². The van der Waals surface area contributed by atoms with E-state index < -0.39 is 0 Å². The molecular formula is C10H15BrN2OS. The molecule has 0 spiro atoms. The highest BCUT2D eigenvalue weighted by Crippen LogP contribution is 2.19. The maximum absolute atomic E-state index is 11.2. The van der Waals surface area contributed by atoms with Crippen molar-refractivity contribution in [2.24, 2.45) is 0 Å². The SMILES string of the molecule is CN(C)C(=O)CCNCc1cc(Br)cs1. The molecule has 1 N–H and O–H groups in total. The molecule has 1 amide bonds. The van der Waals surface area contributed by atoms with Crippen LogP contribution < -0.4 is 5.32 Å². The smallest absolute Gasteiger partial charge is 0.223 e. The first kappa shape index (κ1) is 12.7. The molecule has 0 unspecified atom stereocenters. The van der Waals surface area contributed by atoms with Crippen LogP contribution in [0, 0.1) is 0 Å². The molecule has 1 heterocycles. The van der Waals surface area contributed by atoms with E-state index in [4.69, 9.17) is 0 Å². The predicted molar refractivity (Wildman–Crippen MR) is 67.0 cm³/mol. The van der Waals surface area contributed by atoms with E-state index >= 15 is 0 Å². The number of amides is 1. The molecule has 0 atom stereocenters. The Morgan fingerprint density at radius 1 is 1.60 bits per heavy atom. The number of rotatable bonds is 5. The Morgan fingerprint density at radius 2 is 2.33 bits per heavy atom. The Morgan fingerprint density at radius 3 is 2.87 bits per heavy atom. The molecule has 1 aromatic rings. The van der Waals surface area contributed by atoms with E-state index in [-0.39, 0.29) is 5.91 Å². The van der Waals surface area contributed by atoms with Gasteiger partial charge < -0.3 is 10.2 Å². The van der Waals surface area contributed by atoms with Gasteiger partial charge >= 0.3 is 0 Å². The second kappa shape index (κ2) is 6.25. The van der Waals surface area contributed by atoms with Crippen LogP contribution in [0.4, 0.5) is 0 Å². The van der Waals surface area contributed by atoms with Crippen LogP contribution in [0.3, 0.4) is 0 Å². The van der Waals surface area contributed by atoms with Crippen molar-refractivity contribution in [1.82, 2.24) is 10.2 Å². The molecule has 0 saturated heterocycles. The van der Waals surface area contributed by atoms with Crippen molar-refractivity contribution < 1.29 is 4.79 Å². The van der Waals surface area contributed by atoms with Crippen LogP contribution in [0.25, 0.3) is 0 Å². The molecule has 5 heteroatoms. The molecule has 1 aromatic heterocycles. The summed E-state index contributed by atoms with van der Waals surface area (Å²) in [6.07, 6.45) is 0.555. The van der Waals surface area contributed by atoms with E-state index in [2.05, 4.69) is 32.7 Å². The fraction of sp³-hybridized carbons (Fsp3) is 0.500. The van der Waals surface area contributed by atoms with Gasteiger partial charge in [-0.1, -0.05) is 0 Å². The van der Waals surface area contributed by atoms with Crippen molar-refractivity contribution in [3.63, 3.8) is 0 Å². The van der Waals surface area contributed by atoms with E-state index in [1.165, 1.54) is 4.88 Å². The zero-order chi connectivity index (χ0) is 11.3. The second-order valence-electron chi connectivity index (χ2n) is 3.45. The van der Waals surface area contributed by atoms with Crippen LogP contribution in [0.1, 0.15) is 11.3 Å². The predicted octanol–water partition coefficient (Wildman–Crippen LogP) is 2.08. The molecule has 0 bridgehead atoms. The molecule has 0 aliphatic heterocycles. The summed E-state index contributed by atoms with van der Waals surface area (Å²) in [6.45, 7) is 1.56. The standard InChI is InChI=1S/C10H15BrN2OS/c1-13(2)10(14)3-4-12-6-9-5-8(11)7-15-9/h5,7,12H,3-4,6H2,1-2H3. The average molecular weight is 291 g/mol. The lowest BCUT2D eigenvalue weighted by molar-refractivity contribution is -0.128. The second-order valence-corrected chi connectivity index (χ2v) is 5.36. The molecule has 15 heavy (non-hydrogen) atoms. The zero-order valence-corrected chi connectivity index (χ0v) is 11.3. The van der Waals surface area contributed by atoms with Crippen LogP contribution in [0.5, 0.6) is 0 Å². The number of hydrogen-bond acceptors (Lipinski definition) is 3. The topological polar surface area (TPSA) is 32.3 Å². The number of carbonyl (C=O) groups excluding carboxylic acids is 1. The average Bonchev–Trinajstić information content (AvgIpc) is 2.58. The lowest BCUT2D eigenvalue weighted by Crippen LogP contribution is -2.26. The van der Waals surface area contributed by atoms with Crippen molar-refractivity contribution in [3.8, 4) is 0 Å². The summed E-state index contributed by atoms with van der Waals surface area (Å²) in [7, 11) is 3.55. The quantitative estimate of drug-likeness (QED) is 0.842. The highest BCUT2D eigenvalue weighted by molar-refractivity contribution is 9.10. The van der Waals surface area contributed by atoms with Gasteiger partial charge in [-0.25, -0.2) is 0 Å². The minimum atomic E-state index is 0.162. The van der Waals surface area contributed by atoms with Gasteiger partial charge in [0.1, 0.15) is 0 Å². The van der Waals surface area contributed by atoms with Crippen molar-refractivity contribution in [2.45, 2.75) is 13.0 Å². The van der Waals surface area contributed by atoms with E-state index in [0.717, 1.165) is 17.6 Å². The summed E-state index contributed by atoms with van der Waals surface area (Å²) in [5, 5.41) is 5.30. The summed E-state index contributed by atoms with van der Waals surface area (Å²) in [5.41, 5.74) is 0. The van der Waals surface area contributed by atoms with E-state index in [0.29, 0.717) is 6.42 Å². The Hall–Kier alpha value is -0.390. The highest BCUT2D eigenvalue weighted by atomic mass is 79.9. The molecule has 0 saturated carbocycles. The number of nitrogens with one attached hydrogen (secondary N) is 1. The third-order valence-corrected chi connectivity index (χ3v) is 3.63. The Balaban J connectivity index is 2.15. The lowest BCUT2D eigenvalue weighted by atomic mass is 10.3. The van der Waals surface area contributed by atoms with Gasteiger partial charge in [0, 0.05) is 48.3 Å². The fourth-order valence-electron chi connectivity index (χ4n) is 1.08. The van der Waals surface area contributed by atoms with Gasteiger partial charge in [0.2, 0.25) is 5.91 Å². The first-order valence-corrected chi connectivity index (χ1v) is 6.40. The van der Waals surface area contributed by atoms with Gasteiger partial charge in [0.25, 0.3) is 0 Å². The summed E-state index contributed by atoms with van der Waals surface area (Å²) >= 11 is 5.12. The van der Waals surface area contributed by atoms with Gasteiger partial charge in [-0.3, -0.25) is 4.79 Å². The van der Waals surface area contributed by atoms with Crippen LogP contribution >= 0.6 is 27.3 Å². The monoisotopic (exact) mass is 290 g/mol. The van der Waals surface area contributed by atoms with Gasteiger partial charge in [-0.2, -0.15) is 0 Å². The minimum Gasteiger partial charge on any atom is -0.349 e. The van der Waals surface area contributed by atoms with Crippen LogP contribution in [0.15, 0.2) is 15.9 Å². The molecule has 0 fully saturated rings. The number of thiophene rings is 1. The van der Waals surface area contributed by atoms with Crippen molar-refractivity contribution in [1.29, 1.82) is 0 Å². The van der Waals surface area contributed by atoms with E-state index in [1.54, 1.807) is 30.3 Å². The first-order valence-electron chi connectivity index (χ1n) is 4.73. The van der Waals surface area contributed by atoms with Gasteiger partial charge in [0.05, 0.1) is 0 Å². The van der Waals surface area contributed by atoms with Crippen LogP contribution in [-0.4, -0.2) is 31.4 Å². The third kappa shape index (κ3) is 4.77. The number of hydrogen-bond donors (Lipinski definition) is 1. The Labute approximate surface area is 103 Å². The Bertz CT molecular complexity index is 325. The maximum Gasteiger partial charge on any atom is 0.223 e. The van der Waals surface area contributed by atoms with Gasteiger partial charge in [-0.05, 0) is 22.0 Å². The summed E-state index contributed by atoms with van der Waals surface area (Å²) < 4.78 is 1.12. The van der Waals surface area contributed by atoms with Crippen LogP contribution in [0.2, 0.25) is 0 Å². The Kier molecular flexibility index (Phi) is 5.28. The summed E-state index contributed by atoms with van der Waals surface area (Å²) in [5.74, 6) is 0.162. The van der Waals surface area contributed by atoms with E-state index in [1.807, 2.05) is 0 Å². The number of carbonyl (C=O) groups is 1. The van der Waals surface area contributed by atoms with Crippen molar-refractivity contribution in [2.75, 3.05) is 20.6 Å². The summed E-state index contributed by atoms with van der Waals surface area (Å²) in [6, 6.07) is 2.09. The lowest BCUT2D eigenvalue weighted by Gasteiger charge is -2.09. The minimum absolute atomic E-state index is 0.162. The molecule has 1 rings (SSSR count). The number of nitrogens with zero attached hydrogens (tertiary/aromatic N) is 1. The van der Waals surface area contributed by atoms with E-state index in [9.17, 15) is 4.79 Å². The molecule has 3 nitrogen and oxygen atoms in total. The molecule has 84 valence electrons. The first-order chi connectivity index (χ1) is 7.09. The third-order valence-electron chi connectivity index (χ3n) is 1.94.